The molecule has 1 saturated heterocycles. The normalized spacial score (nSPS) is 12.2. The summed E-state index contributed by atoms with van der Waals surface area (Å²) >= 11 is 3.94. The fourth-order valence-corrected chi connectivity index (χ4v) is 10.3. The second-order valence-electron chi connectivity index (χ2n) is 14.8. The summed E-state index contributed by atoms with van der Waals surface area (Å²) in [6.07, 6.45) is 6.49. The van der Waals surface area contributed by atoms with Crippen molar-refractivity contribution in [2.24, 2.45) is 5.73 Å². The first kappa shape index (κ1) is 55.6. The van der Waals surface area contributed by atoms with Crippen molar-refractivity contribution in [3.8, 4) is 28.7 Å². The number of hydrogen-bond donors (Lipinski definition) is 3. The Morgan fingerprint density at radius 2 is 1.13 bits per heavy atom. The number of pyridine rings is 2. The summed E-state index contributed by atoms with van der Waals surface area (Å²) < 4.78 is 96.3. The summed E-state index contributed by atoms with van der Waals surface area (Å²) in [5.74, 6) is -0.875. The highest BCUT2D eigenvalue weighted by molar-refractivity contribution is 14.1. The highest BCUT2D eigenvalue weighted by Crippen LogP contribution is 2.38. The number of fused-ring (bicyclic) bond motifs is 2. The zero-order valence-corrected chi connectivity index (χ0v) is 42.8. The molecule has 0 atom stereocenters. The van der Waals surface area contributed by atoms with E-state index in [9.17, 15) is 35.2 Å². The highest BCUT2D eigenvalue weighted by Gasteiger charge is 2.29. The van der Waals surface area contributed by atoms with E-state index < -0.39 is 43.5 Å². The number of nitrogens with one attached hydrogen (secondary N) is 2. The van der Waals surface area contributed by atoms with Crippen molar-refractivity contribution < 1.29 is 48.8 Å². The van der Waals surface area contributed by atoms with E-state index in [1.807, 2.05) is 51.3 Å². The largest absolute Gasteiger partial charge is 0.437 e. The van der Waals surface area contributed by atoms with Gasteiger partial charge >= 0.3 is 0 Å². The minimum atomic E-state index is -3.68. The second-order valence-corrected chi connectivity index (χ2v) is 21.0. The van der Waals surface area contributed by atoms with Gasteiger partial charge in [-0.1, -0.05) is 7.43 Å². The van der Waals surface area contributed by atoms with Gasteiger partial charge in [-0.15, -0.1) is 0 Å². The van der Waals surface area contributed by atoms with E-state index in [4.69, 9.17) is 24.6 Å². The molecule has 6 aromatic rings. The van der Waals surface area contributed by atoms with Crippen LogP contribution >= 0.6 is 45.2 Å². The average molecular weight is 1200 g/mol. The van der Waals surface area contributed by atoms with Crippen LogP contribution < -0.4 is 25.0 Å². The Kier molecular flexibility index (Phi) is 20.5. The predicted octanol–water partition coefficient (Wildman–Crippen LogP) is 8.20. The maximum atomic E-state index is 13.4. The molecule has 366 valence electrons. The SMILES string of the molecule is C.C1CCOC1.CNC(=O)c1c(-c2ccc(F)cc2)oc2nc(N(CCCC#N)S(C)(=O)=O)c(I)cc12.CNC(=O)c1c(-c2ccc(F)cc2)oc2nc(N(CCCCN)S(C)(=O)=O)c(I)cc12. The molecule has 0 spiro atoms. The van der Waals surface area contributed by atoms with Gasteiger partial charge in [0.25, 0.3) is 11.8 Å². The molecule has 0 bridgehead atoms. The highest BCUT2D eigenvalue weighted by atomic mass is 127. The van der Waals surface area contributed by atoms with Crippen LogP contribution in [0.25, 0.3) is 44.8 Å². The molecule has 1 fully saturated rings. The van der Waals surface area contributed by atoms with Crippen LogP contribution in [-0.2, 0) is 24.8 Å². The number of furan rings is 2. The van der Waals surface area contributed by atoms with E-state index in [2.05, 4.69) is 20.6 Å². The Labute approximate surface area is 421 Å². The van der Waals surface area contributed by atoms with E-state index in [0.29, 0.717) is 54.8 Å². The number of nitriles is 1. The van der Waals surface area contributed by atoms with Crippen molar-refractivity contribution in [2.45, 2.75) is 46.0 Å². The number of amides is 2. The molecule has 0 saturated carbocycles. The number of unbranched alkanes of at least 4 members (excludes halogenated alkanes) is 2. The van der Waals surface area contributed by atoms with Crippen LogP contribution in [0.4, 0.5) is 20.4 Å². The number of sulfonamides is 2. The number of nitrogens with two attached hydrogens (primary N) is 1. The summed E-state index contributed by atoms with van der Waals surface area (Å²) in [5, 5.41) is 14.7. The number of nitrogens with zero attached hydrogens (tertiary/aromatic N) is 5. The number of carbonyl (C=O) groups excluding carboxylic acids is 2. The first-order valence-corrected chi connectivity index (χ1v) is 26.5. The summed E-state index contributed by atoms with van der Waals surface area (Å²) in [6.45, 7) is 2.75. The lowest BCUT2D eigenvalue weighted by Crippen LogP contribution is -2.32. The van der Waals surface area contributed by atoms with Crippen LogP contribution in [-0.4, -0.2) is 98.1 Å². The molecule has 0 unspecified atom stereocenters. The zero-order valence-electron chi connectivity index (χ0n) is 36.9. The van der Waals surface area contributed by atoms with Crippen LogP contribution in [0.2, 0.25) is 0 Å². The molecular formula is C45H52F2I2N8O9S2. The van der Waals surface area contributed by atoms with Gasteiger partial charge in [-0.25, -0.2) is 25.6 Å². The molecular weight excluding hydrogens is 1150 g/mol. The van der Waals surface area contributed by atoms with Crippen molar-refractivity contribution in [3.05, 3.63) is 90.6 Å². The fourth-order valence-electron chi connectivity index (χ4n) is 6.71. The lowest BCUT2D eigenvalue weighted by atomic mass is 10.1. The van der Waals surface area contributed by atoms with Crippen LogP contribution in [0.15, 0.2) is 69.5 Å². The summed E-state index contributed by atoms with van der Waals surface area (Å²) in [6, 6.07) is 16.3. The van der Waals surface area contributed by atoms with Crippen molar-refractivity contribution >= 4 is 111 Å². The molecule has 68 heavy (non-hydrogen) atoms. The van der Waals surface area contributed by atoms with Crippen molar-refractivity contribution in [2.75, 3.05) is 68.1 Å². The smallest absolute Gasteiger partial charge is 0.255 e. The number of aromatic nitrogens is 2. The monoisotopic (exact) mass is 1200 g/mol. The summed E-state index contributed by atoms with van der Waals surface area (Å²) in [5.41, 5.74) is 7.15. The topological polar surface area (TPSA) is 244 Å². The first-order valence-electron chi connectivity index (χ1n) is 20.7. The van der Waals surface area contributed by atoms with E-state index in [1.54, 1.807) is 12.1 Å². The Morgan fingerprint density at radius 1 is 0.735 bits per heavy atom. The van der Waals surface area contributed by atoms with Gasteiger partial charge in [0.05, 0.1) is 47.6 Å². The molecule has 0 aliphatic carbocycles. The lowest BCUT2D eigenvalue weighted by Gasteiger charge is -2.22. The average Bonchev–Trinajstić information content (AvgIpc) is 4.07. The standard InChI is InChI=1S/C20H22FIN4O4S.C20H18FIN4O4S.C4H8O.CH4/c2*1-24-19(27)16-14-11-15(22)18(26(31(2,28)29)10-4-3-9-23)25-20(14)30-17(16)12-5-7-13(21)8-6-12;1-2-4-5-3-1;/h5-8,11H,3-4,9-10,23H2,1-2H3,(H,24,27);5-8,11H,3-4,10H2,1-2H3,(H,24,27);1-4H2;1H4. The van der Waals surface area contributed by atoms with Crippen molar-refractivity contribution in [1.29, 1.82) is 5.26 Å². The molecule has 4 N–H and O–H groups in total. The molecule has 5 heterocycles. The maximum absolute atomic E-state index is 13.4. The number of anilines is 2. The zero-order chi connectivity index (χ0) is 49.1. The first-order chi connectivity index (χ1) is 31.8. The maximum Gasteiger partial charge on any atom is 0.255 e. The number of rotatable bonds is 15. The van der Waals surface area contributed by atoms with E-state index in [1.165, 1.54) is 79.8 Å². The van der Waals surface area contributed by atoms with Gasteiger partial charge in [0.15, 0.2) is 11.6 Å². The Bertz CT molecular complexity index is 2970. The van der Waals surface area contributed by atoms with Crippen LogP contribution in [0.5, 0.6) is 0 Å². The van der Waals surface area contributed by atoms with Gasteiger partial charge in [-0.3, -0.25) is 18.2 Å². The molecule has 0 radical (unpaired) electrons. The van der Waals surface area contributed by atoms with Gasteiger partial charge in [0.2, 0.25) is 31.5 Å². The Morgan fingerprint density at radius 3 is 1.46 bits per heavy atom. The Hall–Kier alpha value is -5.01. The quantitative estimate of drug-likeness (QED) is 0.0649. The van der Waals surface area contributed by atoms with Crippen molar-refractivity contribution in [3.63, 3.8) is 0 Å². The third-order valence-electron chi connectivity index (χ3n) is 9.92. The molecule has 17 nitrogen and oxygen atoms in total. The second kappa shape index (κ2) is 25.0. The van der Waals surface area contributed by atoms with Gasteiger partial charge in [-0.2, -0.15) is 15.2 Å². The molecule has 4 aromatic heterocycles. The molecule has 23 heteroatoms. The molecule has 1 aliphatic rings. The van der Waals surface area contributed by atoms with E-state index in [-0.39, 0.29) is 72.6 Å². The molecule has 2 amide bonds. The van der Waals surface area contributed by atoms with Crippen LogP contribution in [0.3, 0.4) is 0 Å². The number of benzene rings is 2. The summed E-state index contributed by atoms with van der Waals surface area (Å²) in [4.78, 5) is 34.1. The van der Waals surface area contributed by atoms with Gasteiger partial charge in [0.1, 0.15) is 23.2 Å². The van der Waals surface area contributed by atoms with Crippen molar-refractivity contribution in [1.82, 2.24) is 20.6 Å². The molecule has 2 aromatic carbocycles. The van der Waals surface area contributed by atoms with Gasteiger partial charge in [0, 0.05) is 57.9 Å². The predicted molar refractivity (Wildman–Crippen MR) is 275 cm³/mol. The van der Waals surface area contributed by atoms with Crippen LogP contribution in [0, 0.1) is 30.1 Å². The Balaban J connectivity index is 0.000000265. The fraction of sp³-hybridized carbons (Fsp3) is 0.356. The van der Waals surface area contributed by atoms with Gasteiger partial charge < -0.3 is 29.9 Å². The lowest BCUT2D eigenvalue weighted by molar-refractivity contribution is 0.0956. The number of ether oxygens (including phenoxy) is 1. The van der Waals surface area contributed by atoms with Gasteiger partial charge in [-0.05, 0) is 144 Å². The third kappa shape index (κ3) is 13.8. The van der Waals surface area contributed by atoms with Crippen LogP contribution in [0.1, 0.15) is 66.7 Å². The van der Waals surface area contributed by atoms with E-state index in [0.717, 1.165) is 30.0 Å². The summed E-state index contributed by atoms with van der Waals surface area (Å²) in [7, 11) is -4.32. The van der Waals surface area contributed by atoms with E-state index >= 15 is 0 Å². The minimum absolute atomic E-state index is 0. The third-order valence-corrected chi connectivity index (χ3v) is 13.8. The number of halogens is 4. The number of carbonyl (C=O) groups is 2. The molecule has 1 aliphatic heterocycles. The minimum Gasteiger partial charge on any atom is -0.437 e. The number of hydrogen-bond acceptors (Lipinski definition) is 13. The molecule has 7 rings (SSSR count).